The van der Waals surface area contributed by atoms with Crippen molar-refractivity contribution in [3.63, 3.8) is 0 Å². The van der Waals surface area contributed by atoms with Crippen molar-refractivity contribution in [1.29, 1.82) is 0 Å². The fourth-order valence-corrected chi connectivity index (χ4v) is 6.28. The Balaban J connectivity index is 1.74. The number of hydrogen-bond acceptors (Lipinski definition) is 4. The summed E-state index contributed by atoms with van der Waals surface area (Å²) in [7, 11) is 3.42. The van der Waals surface area contributed by atoms with Crippen molar-refractivity contribution in [3.8, 4) is 0 Å². The maximum atomic E-state index is 15.4. The number of methoxy groups -OCH3 is 1. The van der Waals surface area contributed by atoms with Crippen LogP contribution < -0.4 is 10.6 Å². The number of carbonyl (C=O) groups is 1. The first kappa shape index (κ1) is 30.1. The first-order valence-electron chi connectivity index (χ1n) is 13.8. The molecular formula is C28H44ClF2N3O3. The van der Waals surface area contributed by atoms with Gasteiger partial charge in [0, 0.05) is 57.3 Å². The minimum Gasteiger partial charge on any atom is -0.385 e. The number of unbranched alkanes of at least 4 members (excludes halogenated alkanes) is 1. The Morgan fingerprint density at radius 2 is 2.05 bits per heavy atom. The summed E-state index contributed by atoms with van der Waals surface area (Å²) in [5.41, 5.74) is -2.55. The van der Waals surface area contributed by atoms with E-state index in [1.54, 1.807) is 31.2 Å². The molecule has 37 heavy (non-hydrogen) atoms. The molecule has 0 aromatic heterocycles. The highest BCUT2D eigenvalue weighted by Crippen LogP contribution is 2.42. The van der Waals surface area contributed by atoms with E-state index >= 15 is 8.78 Å². The largest absolute Gasteiger partial charge is 0.385 e. The number of carbonyl (C=O) groups excluding carboxylic acids is 1. The SMILES string of the molecule is CNCC(CC1(F)CCCCC1)NC(=O)N1CCCC(C(O)(CCCCOC)c2cccc(Cl)c2F)C1. The molecule has 2 fully saturated rings. The lowest BCUT2D eigenvalue weighted by Crippen LogP contribution is -2.54. The van der Waals surface area contributed by atoms with Crippen LogP contribution in [0.25, 0.3) is 0 Å². The standard InChI is InChI=1S/C28H44ClF2N3O3/c1-32-19-22(18-27(31)13-4-3-5-14-27)33-26(35)34-16-9-10-21(20-34)28(36,15-6-7-17-37-2)23-11-8-12-24(29)25(23)30/h8,11-12,21-22,32,36H,3-7,9-10,13-20H2,1-2H3,(H,33,35). The maximum Gasteiger partial charge on any atom is 0.317 e. The molecule has 3 N–H and O–H groups in total. The Labute approximate surface area is 225 Å². The molecule has 6 nitrogen and oxygen atoms in total. The molecule has 0 radical (unpaired) electrons. The highest BCUT2D eigenvalue weighted by molar-refractivity contribution is 6.30. The van der Waals surface area contributed by atoms with E-state index in [2.05, 4.69) is 10.6 Å². The molecule has 9 heteroatoms. The average molecular weight is 544 g/mol. The monoisotopic (exact) mass is 543 g/mol. The van der Waals surface area contributed by atoms with Gasteiger partial charge in [-0.3, -0.25) is 0 Å². The van der Waals surface area contributed by atoms with Crippen molar-refractivity contribution in [2.45, 2.75) is 87.9 Å². The van der Waals surface area contributed by atoms with Crippen molar-refractivity contribution in [2.24, 2.45) is 5.92 Å². The molecule has 210 valence electrons. The van der Waals surface area contributed by atoms with Crippen LogP contribution in [0.2, 0.25) is 5.02 Å². The Hall–Kier alpha value is -1.48. The van der Waals surface area contributed by atoms with E-state index in [1.807, 2.05) is 0 Å². The zero-order valence-electron chi connectivity index (χ0n) is 22.3. The van der Waals surface area contributed by atoms with Crippen LogP contribution in [0, 0.1) is 11.7 Å². The minimum atomic E-state index is -1.48. The van der Waals surface area contributed by atoms with Crippen molar-refractivity contribution < 1.29 is 23.4 Å². The van der Waals surface area contributed by atoms with Gasteiger partial charge in [-0.1, -0.05) is 43.0 Å². The predicted molar refractivity (Wildman–Crippen MR) is 143 cm³/mol. The molecule has 3 atom stereocenters. The van der Waals surface area contributed by atoms with Gasteiger partial charge in [-0.15, -0.1) is 0 Å². The van der Waals surface area contributed by atoms with Crippen LogP contribution in [-0.2, 0) is 10.3 Å². The van der Waals surface area contributed by atoms with Crippen LogP contribution in [0.1, 0.15) is 76.2 Å². The van der Waals surface area contributed by atoms with E-state index in [-0.39, 0.29) is 41.5 Å². The Morgan fingerprint density at radius 1 is 1.30 bits per heavy atom. The van der Waals surface area contributed by atoms with Gasteiger partial charge in [0.15, 0.2) is 0 Å². The summed E-state index contributed by atoms with van der Waals surface area (Å²) < 4.78 is 35.7. The number of benzene rings is 1. The van der Waals surface area contributed by atoms with Gasteiger partial charge in [0.25, 0.3) is 0 Å². The van der Waals surface area contributed by atoms with Crippen molar-refractivity contribution >= 4 is 17.6 Å². The van der Waals surface area contributed by atoms with Crippen LogP contribution in [-0.4, -0.2) is 68.1 Å². The van der Waals surface area contributed by atoms with Crippen LogP contribution in [0.4, 0.5) is 13.6 Å². The molecular weight excluding hydrogens is 500 g/mol. The quantitative estimate of drug-likeness (QED) is 0.302. The number of hydrogen-bond donors (Lipinski definition) is 3. The van der Waals surface area contributed by atoms with Crippen LogP contribution in [0.5, 0.6) is 0 Å². The van der Waals surface area contributed by atoms with Crippen LogP contribution in [0.15, 0.2) is 18.2 Å². The zero-order valence-corrected chi connectivity index (χ0v) is 23.1. The molecule has 1 heterocycles. The fourth-order valence-electron chi connectivity index (χ4n) is 6.11. The number of alkyl halides is 1. The summed E-state index contributed by atoms with van der Waals surface area (Å²) in [6.45, 7) is 1.85. The molecule has 1 aliphatic carbocycles. The zero-order chi connectivity index (χ0) is 26.9. The fraction of sp³-hybridized carbons (Fsp3) is 0.750. The molecule has 2 aliphatic rings. The van der Waals surface area contributed by atoms with E-state index in [0.717, 1.165) is 25.7 Å². The lowest BCUT2D eigenvalue weighted by Gasteiger charge is -2.43. The van der Waals surface area contributed by atoms with E-state index in [0.29, 0.717) is 58.2 Å². The van der Waals surface area contributed by atoms with Gasteiger partial charge in [0.1, 0.15) is 11.5 Å². The second kappa shape index (κ2) is 14.1. The van der Waals surface area contributed by atoms with Gasteiger partial charge >= 0.3 is 6.03 Å². The topological polar surface area (TPSA) is 73.8 Å². The number of likely N-dealkylation sites (N-methyl/N-ethyl adjacent to an activating group) is 1. The summed E-state index contributed by atoms with van der Waals surface area (Å²) in [4.78, 5) is 15.0. The molecule has 2 amide bonds. The Bertz CT molecular complexity index is 871. The second-order valence-corrected chi connectivity index (χ2v) is 11.3. The minimum absolute atomic E-state index is 0.0315. The van der Waals surface area contributed by atoms with Gasteiger partial charge in [-0.2, -0.15) is 0 Å². The number of piperidine rings is 1. The number of amides is 2. The summed E-state index contributed by atoms with van der Waals surface area (Å²) in [6.07, 6.45) is 7.23. The van der Waals surface area contributed by atoms with Crippen LogP contribution in [0.3, 0.4) is 0 Å². The summed E-state index contributed by atoms with van der Waals surface area (Å²) in [5.74, 6) is -0.981. The first-order chi connectivity index (χ1) is 17.7. The molecule has 1 aromatic carbocycles. The average Bonchev–Trinajstić information content (AvgIpc) is 2.88. The van der Waals surface area contributed by atoms with Crippen molar-refractivity contribution in [3.05, 3.63) is 34.6 Å². The van der Waals surface area contributed by atoms with Crippen molar-refractivity contribution in [1.82, 2.24) is 15.5 Å². The number of urea groups is 1. The first-order valence-corrected chi connectivity index (χ1v) is 14.1. The molecule has 3 unspecified atom stereocenters. The number of nitrogens with one attached hydrogen (secondary N) is 2. The Kier molecular flexibility index (Phi) is 11.4. The summed E-state index contributed by atoms with van der Waals surface area (Å²) in [5, 5.41) is 18.1. The molecule has 1 aromatic rings. The normalized spacial score (nSPS) is 22.3. The Morgan fingerprint density at radius 3 is 2.76 bits per heavy atom. The van der Waals surface area contributed by atoms with E-state index in [1.165, 1.54) is 6.07 Å². The smallest absolute Gasteiger partial charge is 0.317 e. The lowest BCUT2D eigenvalue weighted by molar-refractivity contribution is -0.0588. The lowest BCUT2D eigenvalue weighted by atomic mass is 9.74. The van der Waals surface area contributed by atoms with Crippen LogP contribution >= 0.6 is 11.6 Å². The predicted octanol–water partition coefficient (Wildman–Crippen LogP) is 5.56. The van der Waals surface area contributed by atoms with E-state index < -0.39 is 17.1 Å². The molecule has 0 bridgehead atoms. The number of likely N-dealkylation sites (tertiary alicyclic amines) is 1. The molecule has 0 spiro atoms. The van der Waals surface area contributed by atoms with Gasteiger partial charge in [0.05, 0.1) is 10.6 Å². The number of nitrogens with zero attached hydrogens (tertiary/aromatic N) is 1. The van der Waals surface area contributed by atoms with E-state index in [9.17, 15) is 9.90 Å². The summed E-state index contributed by atoms with van der Waals surface area (Å²) in [6, 6.07) is 4.11. The number of aliphatic hydroxyl groups is 1. The third-order valence-electron chi connectivity index (χ3n) is 8.10. The number of halogens is 3. The van der Waals surface area contributed by atoms with Gasteiger partial charge in [-0.25, -0.2) is 13.6 Å². The van der Waals surface area contributed by atoms with Gasteiger partial charge in [0.2, 0.25) is 0 Å². The number of ether oxygens (including phenoxy) is 1. The van der Waals surface area contributed by atoms with Gasteiger partial charge in [-0.05, 0) is 58.1 Å². The molecule has 1 aliphatic heterocycles. The third-order valence-corrected chi connectivity index (χ3v) is 8.39. The third kappa shape index (κ3) is 8.01. The maximum absolute atomic E-state index is 15.4. The highest BCUT2D eigenvalue weighted by Gasteiger charge is 2.43. The van der Waals surface area contributed by atoms with Crippen molar-refractivity contribution in [2.75, 3.05) is 40.4 Å². The summed E-state index contributed by atoms with van der Waals surface area (Å²) >= 11 is 6.08. The molecule has 1 saturated heterocycles. The molecule has 3 rings (SSSR count). The van der Waals surface area contributed by atoms with Gasteiger partial charge < -0.3 is 25.4 Å². The number of rotatable bonds is 12. The van der Waals surface area contributed by atoms with E-state index in [4.69, 9.17) is 16.3 Å². The molecule has 1 saturated carbocycles. The second-order valence-electron chi connectivity index (χ2n) is 10.9. The highest BCUT2D eigenvalue weighted by atomic mass is 35.5.